The van der Waals surface area contributed by atoms with Gasteiger partial charge in [0.05, 0.1) is 0 Å². The third-order valence-electron chi connectivity index (χ3n) is 0.658. The Kier molecular flexibility index (Phi) is 0.865. The van der Waals surface area contributed by atoms with Crippen molar-refractivity contribution in [3.05, 3.63) is 18.1 Å². The summed E-state index contributed by atoms with van der Waals surface area (Å²) in [6.07, 6.45) is 0. The Balaban J connectivity index is 2.86. The summed E-state index contributed by atoms with van der Waals surface area (Å²) in [6.45, 7) is 1.75. The zero-order valence-corrected chi connectivity index (χ0v) is 3.71. The van der Waals surface area contributed by atoms with E-state index in [1.807, 2.05) is 0 Å². The lowest BCUT2D eigenvalue weighted by atomic mass is 10.5. The molecule has 0 amide bonds. The highest BCUT2D eigenvalue weighted by Crippen LogP contribution is 2.12. The number of hydrogen-bond acceptors (Lipinski definition) is 4. The molecule has 2 N–H and O–H groups in total. The van der Waals surface area contributed by atoms with Gasteiger partial charge in [-0.2, -0.15) is 0 Å². The lowest BCUT2D eigenvalue weighted by Gasteiger charge is -1.82. The first-order valence-electron chi connectivity index (χ1n) is 1.81. The van der Waals surface area contributed by atoms with E-state index < -0.39 is 17.5 Å². The molecule has 0 bridgehead atoms. The number of aliphatic hydroxyl groups excluding tert-OH is 2. The molecule has 0 fully saturated rings. The highest BCUT2D eigenvalue weighted by atomic mass is 16.6. The summed E-state index contributed by atoms with van der Waals surface area (Å²) in [4.78, 5) is 10.0. The summed E-state index contributed by atoms with van der Waals surface area (Å²) in [5, 5.41) is 16.7. The molecule has 8 heavy (non-hydrogen) atoms. The second-order valence-corrected chi connectivity index (χ2v) is 1.19. The Hall–Kier alpha value is -1.19. The molecule has 4 nitrogen and oxygen atoms in total. The van der Waals surface area contributed by atoms with Crippen LogP contribution in [0.2, 0.25) is 0 Å². The average molecular weight is 114 g/mol. The van der Waals surface area contributed by atoms with Gasteiger partial charge in [0, 0.05) is 0 Å². The van der Waals surface area contributed by atoms with E-state index in [1.54, 1.807) is 6.61 Å². The fourth-order valence-electron chi connectivity index (χ4n) is 0.288. The largest absolute Gasteiger partial charge is 0.505 e. The minimum atomic E-state index is -0.970. The molecule has 4 heteroatoms. The first-order chi connectivity index (χ1) is 3.72. The van der Waals surface area contributed by atoms with Crippen molar-refractivity contribution >= 4 is 5.97 Å². The van der Waals surface area contributed by atoms with E-state index in [4.69, 9.17) is 10.2 Å². The van der Waals surface area contributed by atoms with Gasteiger partial charge in [0.25, 0.3) is 6.61 Å². The number of aliphatic hydroxyl groups is 2. The normalized spacial score (nSPS) is 19.2. The quantitative estimate of drug-likeness (QED) is 0.432. The number of esters is 1. The van der Waals surface area contributed by atoms with Gasteiger partial charge in [-0.25, -0.2) is 4.79 Å². The molecule has 1 aliphatic heterocycles. The molecular weight excluding hydrogens is 112 g/mol. The van der Waals surface area contributed by atoms with Crippen LogP contribution in [0.4, 0.5) is 0 Å². The second kappa shape index (κ2) is 1.40. The summed E-state index contributed by atoms with van der Waals surface area (Å²) >= 11 is 0. The van der Waals surface area contributed by atoms with Gasteiger partial charge >= 0.3 is 5.97 Å². The highest BCUT2D eigenvalue weighted by molar-refractivity contribution is 5.89. The van der Waals surface area contributed by atoms with Gasteiger partial charge in [-0.1, -0.05) is 0 Å². The summed E-state index contributed by atoms with van der Waals surface area (Å²) in [7, 11) is 0. The van der Waals surface area contributed by atoms with Crippen molar-refractivity contribution < 1.29 is 19.7 Å². The van der Waals surface area contributed by atoms with Crippen LogP contribution in [0.5, 0.6) is 0 Å². The predicted molar refractivity (Wildman–Crippen MR) is 21.6 cm³/mol. The SMILES string of the molecule is O=C1O[C]C(O)=C1O. The maximum Gasteiger partial charge on any atom is 0.378 e. The van der Waals surface area contributed by atoms with Crippen LogP contribution in [0.1, 0.15) is 0 Å². The van der Waals surface area contributed by atoms with E-state index in [0.29, 0.717) is 0 Å². The molecule has 1 rings (SSSR count). The molecule has 0 saturated carbocycles. The summed E-state index contributed by atoms with van der Waals surface area (Å²) in [5.41, 5.74) is 0. The number of carbonyl (C=O) groups is 1. The van der Waals surface area contributed by atoms with Crippen molar-refractivity contribution in [1.82, 2.24) is 0 Å². The zero-order chi connectivity index (χ0) is 6.15. The van der Waals surface area contributed by atoms with Crippen LogP contribution in [0.25, 0.3) is 0 Å². The molecule has 0 aromatic carbocycles. The van der Waals surface area contributed by atoms with Crippen molar-refractivity contribution in [3.63, 3.8) is 0 Å². The van der Waals surface area contributed by atoms with Gasteiger partial charge in [-0.15, -0.1) is 0 Å². The Labute approximate surface area is 45.0 Å². The minimum absolute atomic E-state index is 0.644. The van der Waals surface area contributed by atoms with Crippen molar-refractivity contribution in [2.24, 2.45) is 0 Å². The standard InChI is InChI=1S/C4H2O4/c5-2-1-8-4(7)3(2)6/h5-6H. The smallest absolute Gasteiger partial charge is 0.378 e. The molecule has 1 heterocycles. The van der Waals surface area contributed by atoms with Gasteiger partial charge in [0.2, 0.25) is 5.76 Å². The molecule has 1 aliphatic rings. The average Bonchev–Trinajstić information content (AvgIpc) is 1.98. The molecule has 2 radical (unpaired) electrons. The molecule has 0 unspecified atom stereocenters. The Morgan fingerprint density at radius 1 is 1.50 bits per heavy atom. The maximum atomic E-state index is 10.0. The van der Waals surface area contributed by atoms with Gasteiger partial charge in [0.15, 0.2) is 5.76 Å². The summed E-state index contributed by atoms with van der Waals surface area (Å²) in [6, 6.07) is 0. The third-order valence-corrected chi connectivity index (χ3v) is 0.658. The molecule has 0 atom stereocenters. The van der Waals surface area contributed by atoms with Crippen molar-refractivity contribution in [3.8, 4) is 0 Å². The lowest BCUT2D eigenvalue weighted by molar-refractivity contribution is -0.136. The van der Waals surface area contributed by atoms with E-state index in [2.05, 4.69) is 4.74 Å². The first-order valence-corrected chi connectivity index (χ1v) is 1.81. The zero-order valence-electron chi connectivity index (χ0n) is 3.71. The number of carbonyl (C=O) groups excluding carboxylic acids is 1. The van der Waals surface area contributed by atoms with Crippen LogP contribution >= 0.6 is 0 Å². The molecule has 42 valence electrons. The van der Waals surface area contributed by atoms with Gasteiger partial charge in [0.1, 0.15) is 0 Å². The van der Waals surface area contributed by atoms with Crippen molar-refractivity contribution in [2.75, 3.05) is 0 Å². The molecule has 0 aliphatic carbocycles. The monoisotopic (exact) mass is 114 g/mol. The van der Waals surface area contributed by atoms with Gasteiger partial charge in [-0.05, 0) is 0 Å². The minimum Gasteiger partial charge on any atom is -0.505 e. The maximum absolute atomic E-state index is 10.0. The van der Waals surface area contributed by atoms with E-state index in [0.717, 1.165) is 0 Å². The number of cyclic esters (lactones) is 1. The molecule has 0 aromatic rings. The Morgan fingerprint density at radius 2 is 2.12 bits per heavy atom. The molecule has 0 aromatic heterocycles. The van der Waals surface area contributed by atoms with E-state index in [9.17, 15) is 4.79 Å². The van der Waals surface area contributed by atoms with Crippen LogP contribution in [-0.2, 0) is 9.53 Å². The number of hydrogen-bond donors (Lipinski definition) is 2. The van der Waals surface area contributed by atoms with Gasteiger partial charge < -0.3 is 14.9 Å². The topological polar surface area (TPSA) is 66.8 Å². The lowest BCUT2D eigenvalue weighted by Crippen LogP contribution is -1.96. The number of rotatable bonds is 0. The van der Waals surface area contributed by atoms with Crippen LogP contribution in [0.3, 0.4) is 0 Å². The molecule has 0 saturated heterocycles. The third kappa shape index (κ3) is 0.501. The number of ether oxygens (including phenoxy) is 1. The Morgan fingerprint density at radius 3 is 2.25 bits per heavy atom. The summed E-state index contributed by atoms with van der Waals surface area (Å²) in [5.74, 6) is -2.40. The van der Waals surface area contributed by atoms with Gasteiger partial charge in [-0.3, -0.25) is 0 Å². The second-order valence-electron chi connectivity index (χ2n) is 1.19. The van der Waals surface area contributed by atoms with E-state index in [1.165, 1.54) is 0 Å². The molecular formula is C4H2O4. The van der Waals surface area contributed by atoms with Crippen LogP contribution in [0, 0.1) is 6.61 Å². The predicted octanol–water partition coefficient (Wildman–Crippen LogP) is -0.0904. The van der Waals surface area contributed by atoms with Crippen LogP contribution in [-0.4, -0.2) is 16.2 Å². The summed E-state index contributed by atoms with van der Waals surface area (Å²) < 4.78 is 3.91. The van der Waals surface area contributed by atoms with Crippen LogP contribution < -0.4 is 0 Å². The van der Waals surface area contributed by atoms with E-state index >= 15 is 0 Å². The Bertz CT molecular complexity index is 157. The van der Waals surface area contributed by atoms with Crippen LogP contribution in [0.15, 0.2) is 11.5 Å². The fraction of sp³-hybridized carbons (Fsp3) is 0. The van der Waals surface area contributed by atoms with Crippen molar-refractivity contribution in [1.29, 1.82) is 0 Å². The first kappa shape index (κ1) is 4.96. The van der Waals surface area contributed by atoms with E-state index in [-0.39, 0.29) is 0 Å². The van der Waals surface area contributed by atoms with Crippen molar-refractivity contribution in [2.45, 2.75) is 0 Å². The fourth-order valence-corrected chi connectivity index (χ4v) is 0.288. The highest BCUT2D eigenvalue weighted by Gasteiger charge is 2.25. The molecule has 0 spiro atoms.